The molecule has 0 fully saturated rings. The molecule has 1 aromatic carbocycles. The average Bonchev–Trinajstić information content (AvgIpc) is 3.04. The maximum Gasteiger partial charge on any atom is 0.269 e. The van der Waals surface area contributed by atoms with E-state index in [0.29, 0.717) is 23.6 Å². The summed E-state index contributed by atoms with van der Waals surface area (Å²) in [6, 6.07) is 7.50. The number of nitrogens with two attached hydrogens (primary N) is 1. The number of amides is 1. The van der Waals surface area contributed by atoms with Gasteiger partial charge in [0, 0.05) is 47.2 Å². The minimum absolute atomic E-state index is 0.171. The molecule has 172 valence electrons. The zero-order chi connectivity index (χ0) is 23.5. The van der Waals surface area contributed by atoms with E-state index >= 15 is 0 Å². The molecule has 0 aliphatic heterocycles. The molecule has 0 saturated carbocycles. The molecule has 2 heterocycles. The van der Waals surface area contributed by atoms with E-state index in [2.05, 4.69) is 10.3 Å². The van der Waals surface area contributed by atoms with Crippen molar-refractivity contribution in [1.82, 2.24) is 20.2 Å². The van der Waals surface area contributed by atoms with Gasteiger partial charge in [0.1, 0.15) is 5.69 Å². The van der Waals surface area contributed by atoms with Crippen molar-refractivity contribution in [3.8, 4) is 11.3 Å². The third-order valence-corrected chi connectivity index (χ3v) is 6.24. The number of likely N-dealkylation sites (N-methyl/N-ethyl adjacent to an activating group) is 1. The molecule has 0 atom stereocenters. The van der Waals surface area contributed by atoms with Gasteiger partial charge in [-0.3, -0.25) is 9.78 Å². The monoisotopic (exact) mass is 444 g/mol. The molecule has 1 amide bonds. The van der Waals surface area contributed by atoms with Gasteiger partial charge in [0.15, 0.2) is 0 Å². The molecule has 0 radical (unpaired) electrons. The van der Waals surface area contributed by atoms with Crippen molar-refractivity contribution < 1.29 is 4.79 Å². The number of nitrogen functional groups attached to an aromatic ring is 1. The number of carbonyl (C=O) groups is 1. The van der Waals surface area contributed by atoms with Crippen LogP contribution >= 0.6 is 0 Å². The van der Waals surface area contributed by atoms with Crippen LogP contribution in [0.2, 0.25) is 0 Å². The summed E-state index contributed by atoms with van der Waals surface area (Å²) in [5.74, 6) is -0.171. The second-order valence-corrected chi connectivity index (χ2v) is 9.02. The summed E-state index contributed by atoms with van der Waals surface area (Å²) in [6.45, 7) is 3.14. The Labute approximate surface area is 194 Å². The number of benzene rings is 1. The Morgan fingerprint density at radius 1 is 1.12 bits per heavy atom. The third kappa shape index (κ3) is 4.73. The summed E-state index contributed by atoms with van der Waals surface area (Å²) in [7, 11) is 3.94. The Balaban J connectivity index is 1.77. The Kier molecular flexibility index (Phi) is 6.70. The van der Waals surface area contributed by atoms with E-state index in [1.807, 2.05) is 37.2 Å². The van der Waals surface area contributed by atoms with Crippen LogP contribution < -0.4 is 11.1 Å². The summed E-state index contributed by atoms with van der Waals surface area (Å²) in [6.07, 6.45) is 7.02. The topological polar surface area (TPSA) is 108 Å². The van der Waals surface area contributed by atoms with Crippen LogP contribution in [-0.2, 0) is 12.8 Å². The summed E-state index contributed by atoms with van der Waals surface area (Å²) in [5, 5.41) is 12.2. The van der Waals surface area contributed by atoms with Crippen LogP contribution in [0.25, 0.3) is 22.2 Å². The van der Waals surface area contributed by atoms with Crippen molar-refractivity contribution in [1.29, 1.82) is 5.41 Å². The van der Waals surface area contributed by atoms with Gasteiger partial charge in [0.25, 0.3) is 5.91 Å². The highest BCUT2D eigenvalue weighted by atomic mass is 16.1. The molecule has 3 aromatic rings. The molecule has 1 aliphatic rings. The predicted molar refractivity (Wildman–Crippen MR) is 134 cm³/mol. The molecule has 4 rings (SSSR count). The molecule has 4 N–H and O–H groups in total. The number of nitrogens with zero attached hydrogens (tertiary/aromatic N) is 3. The lowest BCUT2D eigenvalue weighted by Crippen LogP contribution is -2.31. The molecule has 1 aliphatic carbocycles. The van der Waals surface area contributed by atoms with Gasteiger partial charge in [-0.1, -0.05) is 6.42 Å². The van der Waals surface area contributed by atoms with E-state index in [1.54, 1.807) is 19.2 Å². The number of aryl methyl sites for hydroxylation is 1. The third-order valence-electron chi connectivity index (χ3n) is 6.24. The molecular formula is C26H32N6O. The minimum Gasteiger partial charge on any atom is -0.398 e. The van der Waals surface area contributed by atoms with Crippen LogP contribution in [0.1, 0.15) is 53.4 Å². The van der Waals surface area contributed by atoms with Crippen molar-refractivity contribution in [3.05, 3.63) is 52.8 Å². The van der Waals surface area contributed by atoms with Crippen LogP contribution in [0.3, 0.4) is 0 Å². The summed E-state index contributed by atoms with van der Waals surface area (Å²) >= 11 is 0. The van der Waals surface area contributed by atoms with Gasteiger partial charge in [-0.05, 0) is 82.1 Å². The van der Waals surface area contributed by atoms with Gasteiger partial charge < -0.3 is 21.4 Å². The number of pyridine rings is 2. The van der Waals surface area contributed by atoms with E-state index in [-0.39, 0.29) is 5.91 Å². The van der Waals surface area contributed by atoms with Gasteiger partial charge in [-0.15, -0.1) is 0 Å². The molecule has 0 bridgehead atoms. The molecule has 0 saturated heterocycles. The van der Waals surface area contributed by atoms with Crippen molar-refractivity contribution in [2.45, 2.75) is 39.0 Å². The normalized spacial score (nSPS) is 13.6. The lowest BCUT2D eigenvalue weighted by Gasteiger charge is -2.19. The molecule has 0 unspecified atom stereocenters. The first kappa shape index (κ1) is 22.9. The Bertz CT molecular complexity index is 1200. The number of nitrogens with one attached hydrogen (secondary N) is 2. The second kappa shape index (κ2) is 9.67. The molecular weight excluding hydrogens is 412 g/mol. The fraction of sp³-hybridized carbons (Fsp3) is 0.385. The van der Waals surface area contributed by atoms with E-state index in [4.69, 9.17) is 16.1 Å². The summed E-state index contributed by atoms with van der Waals surface area (Å²) in [5.41, 5.74) is 13.7. The zero-order valence-corrected chi connectivity index (χ0v) is 19.7. The largest absolute Gasteiger partial charge is 0.398 e. The molecule has 7 heteroatoms. The lowest BCUT2D eigenvalue weighted by atomic mass is 9.90. The predicted octanol–water partition coefficient (Wildman–Crippen LogP) is 3.83. The van der Waals surface area contributed by atoms with Crippen molar-refractivity contribution in [2.75, 3.05) is 32.9 Å². The summed E-state index contributed by atoms with van der Waals surface area (Å²) < 4.78 is 0. The number of fused-ring (bicyclic) bond motifs is 3. The molecule has 2 aromatic heterocycles. The van der Waals surface area contributed by atoms with E-state index in [0.717, 1.165) is 60.0 Å². The van der Waals surface area contributed by atoms with Gasteiger partial charge >= 0.3 is 0 Å². The number of hydrogen-bond acceptors (Lipinski definition) is 6. The van der Waals surface area contributed by atoms with Gasteiger partial charge in [-0.25, -0.2) is 4.98 Å². The molecule has 7 nitrogen and oxygen atoms in total. The molecule has 0 spiro atoms. The van der Waals surface area contributed by atoms with E-state index in [9.17, 15) is 4.79 Å². The number of aromatic nitrogens is 2. The standard InChI is InChI=1S/C26H32N6O/c1-16(27)23-20(28)10-12-21-24(23)18-7-5-4-6-8-19(18)25(31-21)17-9-11-22(30-15-17)26(33)29-13-14-32(2)3/h9-12,15,27H,4-8,13-14,28H2,1-3H3,(H,29,33). The average molecular weight is 445 g/mol. The zero-order valence-electron chi connectivity index (χ0n) is 19.7. The van der Waals surface area contributed by atoms with Gasteiger partial charge in [-0.2, -0.15) is 0 Å². The number of rotatable bonds is 6. The van der Waals surface area contributed by atoms with Crippen LogP contribution in [-0.4, -0.2) is 53.7 Å². The Morgan fingerprint density at radius 2 is 1.88 bits per heavy atom. The highest BCUT2D eigenvalue weighted by Gasteiger charge is 2.22. The van der Waals surface area contributed by atoms with Crippen LogP contribution in [0.15, 0.2) is 30.5 Å². The summed E-state index contributed by atoms with van der Waals surface area (Å²) in [4.78, 5) is 23.9. The maximum atomic E-state index is 12.4. The number of hydrogen-bond donors (Lipinski definition) is 3. The van der Waals surface area contributed by atoms with Crippen LogP contribution in [0.5, 0.6) is 0 Å². The fourth-order valence-electron chi connectivity index (χ4n) is 4.61. The maximum absolute atomic E-state index is 12.4. The lowest BCUT2D eigenvalue weighted by molar-refractivity contribution is 0.0946. The fourth-order valence-corrected chi connectivity index (χ4v) is 4.61. The number of anilines is 1. The first-order chi connectivity index (χ1) is 15.9. The first-order valence-corrected chi connectivity index (χ1v) is 11.6. The van der Waals surface area contributed by atoms with Crippen molar-refractivity contribution >= 4 is 28.2 Å². The second-order valence-electron chi connectivity index (χ2n) is 9.02. The van der Waals surface area contributed by atoms with E-state index < -0.39 is 0 Å². The highest BCUT2D eigenvalue weighted by molar-refractivity contribution is 6.13. The van der Waals surface area contributed by atoms with Crippen LogP contribution in [0.4, 0.5) is 5.69 Å². The highest BCUT2D eigenvalue weighted by Crippen LogP contribution is 2.37. The Hall–Kier alpha value is -3.32. The minimum atomic E-state index is -0.171. The first-order valence-electron chi connectivity index (χ1n) is 11.6. The Morgan fingerprint density at radius 3 is 2.55 bits per heavy atom. The van der Waals surface area contributed by atoms with Crippen molar-refractivity contribution in [3.63, 3.8) is 0 Å². The van der Waals surface area contributed by atoms with Crippen molar-refractivity contribution in [2.24, 2.45) is 0 Å². The SMILES string of the molecule is CC(=N)c1c(N)ccc2nc(-c3ccc(C(=O)NCCN(C)C)nc3)c3c(c12)CCCCC3. The van der Waals surface area contributed by atoms with Gasteiger partial charge in [0.2, 0.25) is 0 Å². The van der Waals surface area contributed by atoms with Gasteiger partial charge in [0.05, 0.1) is 11.2 Å². The van der Waals surface area contributed by atoms with Crippen LogP contribution in [0, 0.1) is 5.41 Å². The number of carbonyl (C=O) groups excluding carboxylic acids is 1. The van der Waals surface area contributed by atoms with E-state index in [1.165, 1.54) is 17.5 Å². The molecule has 33 heavy (non-hydrogen) atoms. The quantitative estimate of drug-likeness (QED) is 0.304. The smallest absolute Gasteiger partial charge is 0.269 e.